The largest absolute Gasteiger partial charge is 0.376 e. The standard InChI is InChI=1S/C24H34N4O2S.HI/c1-2-25-24(26-16-23-27-22(18-31-23)19-8-4-3-5-9-19)28-13-11-20(12-14-28)30-17-21-10-6-7-15-29-21;/h3-5,8-9,18,20-21H,2,6-7,10-17H2,1H3,(H,25,26);1H. The lowest BCUT2D eigenvalue weighted by molar-refractivity contribution is -0.0721. The van der Waals surface area contributed by atoms with Crippen molar-refractivity contribution in [3.05, 3.63) is 40.7 Å². The second kappa shape index (κ2) is 13.5. The number of aliphatic imine (C=N–C) groups is 1. The van der Waals surface area contributed by atoms with Gasteiger partial charge < -0.3 is 19.7 Å². The highest BCUT2D eigenvalue weighted by molar-refractivity contribution is 14.0. The zero-order chi connectivity index (χ0) is 21.3. The van der Waals surface area contributed by atoms with Gasteiger partial charge in [-0.15, -0.1) is 35.3 Å². The quantitative estimate of drug-likeness (QED) is 0.290. The van der Waals surface area contributed by atoms with E-state index in [1.165, 1.54) is 12.8 Å². The van der Waals surface area contributed by atoms with E-state index in [0.717, 1.165) is 74.3 Å². The zero-order valence-electron chi connectivity index (χ0n) is 18.9. The van der Waals surface area contributed by atoms with Crippen molar-refractivity contribution in [1.29, 1.82) is 0 Å². The van der Waals surface area contributed by atoms with Crippen LogP contribution in [0, 0.1) is 0 Å². The maximum Gasteiger partial charge on any atom is 0.194 e. The van der Waals surface area contributed by atoms with E-state index in [9.17, 15) is 0 Å². The number of nitrogens with zero attached hydrogens (tertiary/aromatic N) is 3. The Kier molecular flexibility index (Phi) is 10.7. The van der Waals surface area contributed by atoms with Crippen LogP contribution in [-0.4, -0.2) is 60.9 Å². The van der Waals surface area contributed by atoms with Crippen molar-refractivity contribution in [1.82, 2.24) is 15.2 Å². The van der Waals surface area contributed by atoms with Gasteiger partial charge in [0.2, 0.25) is 0 Å². The van der Waals surface area contributed by atoms with Crippen molar-refractivity contribution in [3.8, 4) is 11.3 Å². The molecule has 0 saturated carbocycles. The van der Waals surface area contributed by atoms with E-state index in [4.69, 9.17) is 19.5 Å². The Morgan fingerprint density at radius 1 is 1.22 bits per heavy atom. The third-order valence-corrected chi connectivity index (χ3v) is 6.69. The highest BCUT2D eigenvalue weighted by Crippen LogP contribution is 2.22. The number of likely N-dealkylation sites (tertiary alicyclic amines) is 1. The lowest BCUT2D eigenvalue weighted by atomic mass is 10.1. The molecule has 1 aromatic carbocycles. The third-order valence-electron chi connectivity index (χ3n) is 5.85. The molecule has 6 nitrogen and oxygen atoms in total. The van der Waals surface area contributed by atoms with E-state index >= 15 is 0 Å². The summed E-state index contributed by atoms with van der Waals surface area (Å²) in [7, 11) is 0. The van der Waals surface area contributed by atoms with Crippen LogP contribution in [0.2, 0.25) is 0 Å². The molecule has 1 aromatic heterocycles. The Labute approximate surface area is 212 Å². The molecule has 2 aliphatic heterocycles. The van der Waals surface area contributed by atoms with Crippen molar-refractivity contribution in [2.75, 3.05) is 32.8 Å². The van der Waals surface area contributed by atoms with Gasteiger partial charge in [0, 0.05) is 37.2 Å². The lowest BCUT2D eigenvalue weighted by Gasteiger charge is -2.35. The SMILES string of the molecule is CCNC(=NCc1nc(-c2ccccc2)cs1)N1CCC(OCC2CCCCO2)CC1.I. The summed E-state index contributed by atoms with van der Waals surface area (Å²) in [4.78, 5) is 12.0. The number of aromatic nitrogens is 1. The average Bonchev–Trinajstić information content (AvgIpc) is 3.31. The lowest BCUT2D eigenvalue weighted by Crippen LogP contribution is -2.47. The molecule has 1 atom stereocenters. The summed E-state index contributed by atoms with van der Waals surface area (Å²) < 4.78 is 12.0. The van der Waals surface area contributed by atoms with Crippen molar-refractivity contribution < 1.29 is 9.47 Å². The maximum atomic E-state index is 6.16. The van der Waals surface area contributed by atoms with Crippen molar-refractivity contribution >= 4 is 41.3 Å². The molecular formula is C24H35IN4O2S. The van der Waals surface area contributed by atoms with Gasteiger partial charge in [0.15, 0.2) is 5.96 Å². The number of thiazole rings is 1. The third kappa shape index (κ3) is 7.40. The molecule has 3 heterocycles. The number of piperidine rings is 1. The first-order valence-electron chi connectivity index (χ1n) is 11.6. The molecule has 32 heavy (non-hydrogen) atoms. The fraction of sp³-hybridized carbons (Fsp3) is 0.583. The van der Waals surface area contributed by atoms with Crippen molar-refractivity contribution in [2.24, 2.45) is 4.99 Å². The minimum atomic E-state index is 0. The number of rotatable bonds is 7. The molecule has 176 valence electrons. The molecule has 0 spiro atoms. The normalized spacial score (nSPS) is 20.1. The summed E-state index contributed by atoms with van der Waals surface area (Å²) in [5.74, 6) is 0.980. The minimum Gasteiger partial charge on any atom is -0.376 e. The van der Waals surface area contributed by atoms with Crippen molar-refractivity contribution in [2.45, 2.75) is 57.8 Å². The van der Waals surface area contributed by atoms with Crippen LogP contribution in [0.25, 0.3) is 11.3 Å². The molecule has 2 fully saturated rings. The first-order valence-corrected chi connectivity index (χ1v) is 12.5. The van der Waals surface area contributed by atoms with Gasteiger partial charge >= 0.3 is 0 Å². The summed E-state index contributed by atoms with van der Waals surface area (Å²) in [6, 6.07) is 10.3. The topological polar surface area (TPSA) is 59.0 Å². The molecule has 2 aliphatic rings. The Hall–Kier alpha value is -1.23. The van der Waals surface area contributed by atoms with E-state index in [0.29, 0.717) is 18.8 Å². The zero-order valence-corrected chi connectivity index (χ0v) is 22.0. The number of hydrogen-bond donors (Lipinski definition) is 1. The molecule has 1 N–H and O–H groups in total. The average molecular weight is 571 g/mol. The number of nitrogens with one attached hydrogen (secondary N) is 1. The van der Waals surface area contributed by atoms with Gasteiger partial charge in [-0.25, -0.2) is 9.98 Å². The summed E-state index contributed by atoms with van der Waals surface area (Å²) in [5, 5.41) is 6.61. The predicted octanol–water partition coefficient (Wildman–Crippen LogP) is 4.94. The fourth-order valence-electron chi connectivity index (χ4n) is 4.11. The van der Waals surface area contributed by atoms with E-state index in [2.05, 4.69) is 34.7 Å². The summed E-state index contributed by atoms with van der Waals surface area (Å²) >= 11 is 1.68. The number of guanidine groups is 1. The molecule has 0 aliphatic carbocycles. The molecule has 4 rings (SSSR count). The van der Waals surface area contributed by atoms with Crippen LogP contribution < -0.4 is 5.32 Å². The molecule has 2 saturated heterocycles. The Bertz CT molecular complexity index is 818. The van der Waals surface area contributed by atoms with Crippen LogP contribution in [0.4, 0.5) is 0 Å². The molecule has 2 aromatic rings. The Morgan fingerprint density at radius 2 is 2.03 bits per heavy atom. The smallest absolute Gasteiger partial charge is 0.194 e. The minimum absolute atomic E-state index is 0. The highest BCUT2D eigenvalue weighted by Gasteiger charge is 2.23. The van der Waals surface area contributed by atoms with Crippen LogP contribution in [-0.2, 0) is 16.0 Å². The molecule has 0 bridgehead atoms. The predicted molar refractivity (Wildman–Crippen MR) is 142 cm³/mol. The molecule has 0 amide bonds. The Morgan fingerprint density at radius 3 is 2.75 bits per heavy atom. The van der Waals surface area contributed by atoms with Crippen LogP contribution in [0.1, 0.15) is 44.0 Å². The number of halogens is 1. The van der Waals surface area contributed by atoms with Gasteiger partial charge in [-0.2, -0.15) is 0 Å². The van der Waals surface area contributed by atoms with Gasteiger partial charge in [-0.3, -0.25) is 0 Å². The van der Waals surface area contributed by atoms with E-state index in [1.807, 2.05) is 18.2 Å². The monoisotopic (exact) mass is 570 g/mol. The Balaban J connectivity index is 0.00000289. The maximum absolute atomic E-state index is 6.16. The second-order valence-corrected chi connectivity index (χ2v) is 9.11. The van der Waals surface area contributed by atoms with Gasteiger partial charge in [-0.05, 0) is 39.0 Å². The van der Waals surface area contributed by atoms with Crippen LogP contribution in [0.15, 0.2) is 40.7 Å². The summed E-state index contributed by atoms with van der Waals surface area (Å²) in [6.07, 6.45) is 6.29. The highest BCUT2D eigenvalue weighted by atomic mass is 127. The summed E-state index contributed by atoms with van der Waals surface area (Å²) in [5.41, 5.74) is 2.18. The second-order valence-electron chi connectivity index (χ2n) is 8.17. The van der Waals surface area contributed by atoms with Crippen LogP contribution in [0.3, 0.4) is 0 Å². The number of ether oxygens (including phenoxy) is 2. The van der Waals surface area contributed by atoms with Crippen LogP contribution in [0.5, 0.6) is 0 Å². The first kappa shape index (κ1) is 25.4. The van der Waals surface area contributed by atoms with E-state index < -0.39 is 0 Å². The van der Waals surface area contributed by atoms with Gasteiger partial charge in [0.05, 0.1) is 31.1 Å². The molecule has 8 heteroatoms. The van der Waals surface area contributed by atoms with Gasteiger partial charge in [-0.1, -0.05) is 30.3 Å². The molecule has 1 unspecified atom stereocenters. The molecule has 0 radical (unpaired) electrons. The first-order chi connectivity index (χ1) is 15.3. The molecular weight excluding hydrogens is 535 g/mol. The van der Waals surface area contributed by atoms with Gasteiger partial charge in [0.25, 0.3) is 0 Å². The number of benzene rings is 1. The fourth-order valence-corrected chi connectivity index (χ4v) is 4.84. The van der Waals surface area contributed by atoms with E-state index in [-0.39, 0.29) is 24.0 Å². The van der Waals surface area contributed by atoms with Gasteiger partial charge in [0.1, 0.15) is 5.01 Å². The van der Waals surface area contributed by atoms with Crippen molar-refractivity contribution in [3.63, 3.8) is 0 Å². The summed E-state index contributed by atoms with van der Waals surface area (Å²) in [6.45, 7) is 7.15. The van der Waals surface area contributed by atoms with Crippen LogP contribution >= 0.6 is 35.3 Å². The number of hydrogen-bond acceptors (Lipinski definition) is 5. The van der Waals surface area contributed by atoms with E-state index in [1.54, 1.807) is 11.3 Å².